The molecule has 1 aromatic heterocycles. The van der Waals surface area contributed by atoms with Crippen molar-refractivity contribution in [3.05, 3.63) is 64.7 Å². The van der Waals surface area contributed by atoms with Crippen molar-refractivity contribution < 1.29 is 9.18 Å². The first-order chi connectivity index (χ1) is 11.1. The van der Waals surface area contributed by atoms with Crippen LogP contribution in [-0.4, -0.2) is 46.9 Å². The predicted molar refractivity (Wildman–Crippen MR) is 86.8 cm³/mol. The fourth-order valence-electron chi connectivity index (χ4n) is 2.64. The van der Waals surface area contributed by atoms with Crippen LogP contribution in [0.15, 0.2) is 42.6 Å². The molecule has 0 radical (unpaired) electrons. The van der Waals surface area contributed by atoms with E-state index in [1.54, 1.807) is 12.3 Å². The molecule has 1 aliphatic rings. The lowest BCUT2D eigenvalue weighted by Crippen LogP contribution is -2.48. The SMILES string of the molecule is O=C(c1ccc(F)cc1)N1CCN(Cc2ccc(Cl)nc2)CC1. The highest BCUT2D eigenvalue weighted by atomic mass is 35.5. The Bertz CT molecular complexity index is 667. The topological polar surface area (TPSA) is 36.4 Å². The maximum atomic E-state index is 12.9. The monoisotopic (exact) mass is 333 g/mol. The van der Waals surface area contributed by atoms with E-state index < -0.39 is 0 Å². The summed E-state index contributed by atoms with van der Waals surface area (Å²) in [5.74, 6) is -0.374. The maximum absolute atomic E-state index is 12.9. The zero-order chi connectivity index (χ0) is 16.2. The largest absolute Gasteiger partial charge is 0.336 e. The van der Waals surface area contributed by atoms with Crippen LogP contribution >= 0.6 is 11.6 Å². The van der Waals surface area contributed by atoms with Gasteiger partial charge in [-0.1, -0.05) is 17.7 Å². The minimum Gasteiger partial charge on any atom is -0.336 e. The molecule has 0 N–H and O–H groups in total. The lowest BCUT2D eigenvalue weighted by Gasteiger charge is -2.34. The second-order valence-electron chi connectivity index (χ2n) is 5.56. The number of benzene rings is 1. The summed E-state index contributed by atoms with van der Waals surface area (Å²) in [5.41, 5.74) is 1.63. The summed E-state index contributed by atoms with van der Waals surface area (Å²) in [6, 6.07) is 9.44. The number of carbonyl (C=O) groups excluding carboxylic acids is 1. The van der Waals surface area contributed by atoms with Crippen LogP contribution in [-0.2, 0) is 6.54 Å². The summed E-state index contributed by atoms with van der Waals surface area (Å²) in [5, 5.41) is 0.489. The molecule has 0 saturated carbocycles. The van der Waals surface area contributed by atoms with Gasteiger partial charge in [-0.05, 0) is 35.9 Å². The fraction of sp³-hybridized carbons (Fsp3) is 0.294. The van der Waals surface area contributed by atoms with Crippen LogP contribution in [0, 0.1) is 5.82 Å². The number of amides is 1. The third-order valence-electron chi connectivity index (χ3n) is 3.95. The summed E-state index contributed by atoms with van der Waals surface area (Å²) in [4.78, 5) is 20.5. The van der Waals surface area contributed by atoms with E-state index in [9.17, 15) is 9.18 Å². The van der Waals surface area contributed by atoms with Gasteiger partial charge in [-0.2, -0.15) is 0 Å². The highest BCUT2D eigenvalue weighted by molar-refractivity contribution is 6.29. The minimum atomic E-state index is -0.331. The number of nitrogens with zero attached hydrogens (tertiary/aromatic N) is 3. The molecule has 0 spiro atoms. The average Bonchev–Trinajstić information content (AvgIpc) is 2.58. The lowest BCUT2D eigenvalue weighted by atomic mass is 10.1. The first-order valence-corrected chi connectivity index (χ1v) is 7.87. The van der Waals surface area contributed by atoms with Crippen molar-refractivity contribution in [3.63, 3.8) is 0 Å². The van der Waals surface area contributed by atoms with Gasteiger partial charge < -0.3 is 4.90 Å². The van der Waals surface area contributed by atoms with Crippen LogP contribution in [0.25, 0.3) is 0 Å². The van der Waals surface area contributed by atoms with Gasteiger partial charge in [-0.25, -0.2) is 9.37 Å². The third-order valence-corrected chi connectivity index (χ3v) is 4.17. The van der Waals surface area contributed by atoms with Crippen molar-refractivity contribution in [1.82, 2.24) is 14.8 Å². The number of hydrogen-bond donors (Lipinski definition) is 0. The summed E-state index contributed by atoms with van der Waals surface area (Å²) in [7, 11) is 0. The van der Waals surface area contributed by atoms with Crippen molar-refractivity contribution in [1.29, 1.82) is 0 Å². The molecule has 4 nitrogen and oxygen atoms in total. The number of pyridine rings is 1. The minimum absolute atomic E-state index is 0.0437. The van der Waals surface area contributed by atoms with Gasteiger partial charge in [0.25, 0.3) is 5.91 Å². The molecule has 2 heterocycles. The van der Waals surface area contributed by atoms with Gasteiger partial charge in [-0.3, -0.25) is 9.69 Å². The Hall–Kier alpha value is -1.98. The van der Waals surface area contributed by atoms with Crippen LogP contribution in [0.2, 0.25) is 5.15 Å². The highest BCUT2D eigenvalue weighted by Gasteiger charge is 2.22. The molecule has 1 aromatic carbocycles. The smallest absolute Gasteiger partial charge is 0.253 e. The van der Waals surface area contributed by atoms with Gasteiger partial charge in [0.1, 0.15) is 11.0 Å². The highest BCUT2D eigenvalue weighted by Crippen LogP contribution is 2.13. The van der Waals surface area contributed by atoms with Crippen molar-refractivity contribution in [2.75, 3.05) is 26.2 Å². The van der Waals surface area contributed by atoms with Gasteiger partial charge in [0.2, 0.25) is 0 Å². The summed E-state index contributed by atoms with van der Waals surface area (Å²) in [6.07, 6.45) is 1.78. The number of hydrogen-bond acceptors (Lipinski definition) is 3. The predicted octanol–water partition coefficient (Wildman–Crippen LogP) is 2.83. The van der Waals surface area contributed by atoms with E-state index in [2.05, 4.69) is 9.88 Å². The average molecular weight is 334 g/mol. The standard InChI is InChI=1S/C17H17ClFN3O/c18-16-6-1-13(11-20-16)12-21-7-9-22(10-8-21)17(23)14-2-4-15(19)5-3-14/h1-6,11H,7-10,12H2. The molecule has 1 saturated heterocycles. The Labute approximate surface area is 139 Å². The summed E-state index contributed by atoms with van der Waals surface area (Å²) < 4.78 is 12.9. The first kappa shape index (κ1) is 15.9. The van der Waals surface area contributed by atoms with Crippen LogP contribution in [0.5, 0.6) is 0 Å². The van der Waals surface area contributed by atoms with Crippen molar-refractivity contribution in [2.24, 2.45) is 0 Å². The normalized spacial score (nSPS) is 15.7. The van der Waals surface area contributed by atoms with E-state index in [1.165, 1.54) is 24.3 Å². The Morgan fingerprint density at radius 1 is 1.09 bits per heavy atom. The molecule has 1 amide bonds. The molecular weight excluding hydrogens is 317 g/mol. The van der Waals surface area contributed by atoms with Gasteiger partial charge >= 0.3 is 0 Å². The molecule has 1 aliphatic heterocycles. The van der Waals surface area contributed by atoms with E-state index in [-0.39, 0.29) is 11.7 Å². The molecule has 6 heteroatoms. The van der Waals surface area contributed by atoms with E-state index in [0.29, 0.717) is 23.8 Å². The molecular formula is C17H17ClFN3O. The molecule has 3 rings (SSSR count). The Balaban J connectivity index is 1.54. The van der Waals surface area contributed by atoms with Crippen molar-refractivity contribution in [2.45, 2.75) is 6.54 Å². The maximum Gasteiger partial charge on any atom is 0.253 e. The van der Waals surface area contributed by atoms with Gasteiger partial charge in [0.15, 0.2) is 0 Å². The molecule has 0 atom stereocenters. The Kier molecular flexibility index (Phi) is 4.88. The third kappa shape index (κ3) is 4.06. The number of carbonyl (C=O) groups is 1. The Morgan fingerprint density at radius 2 is 1.78 bits per heavy atom. The van der Waals surface area contributed by atoms with E-state index in [0.717, 1.165) is 25.2 Å². The molecule has 23 heavy (non-hydrogen) atoms. The second kappa shape index (κ2) is 7.06. The first-order valence-electron chi connectivity index (χ1n) is 7.49. The number of aromatic nitrogens is 1. The van der Waals surface area contributed by atoms with Gasteiger partial charge in [0, 0.05) is 44.5 Å². The Morgan fingerprint density at radius 3 is 2.39 bits per heavy atom. The van der Waals surface area contributed by atoms with Gasteiger partial charge in [-0.15, -0.1) is 0 Å². The molecule has 120 valence electrons. The molecule has 2 aromatic rings. The molecule has 0 unspecified atom stereocenters. The number of piperazine rings is 1. The summed E-state index contributed by atoms with van der Waals surface area (Å²) >= 11 is 5.78. The number of halogens is 2. The van der Waals surface area contributed by atoms with Crippen molar-refractivity contribution >= 4 is 17.5 Å². The summed E-state index contributed by atoms with van der Waals surface area (Å²) in [6.45, 7) is 3.72. The number of rotatable bonds is 3. The molecule has 0 aliphatic carbocycles. The zero-order valence-electron chi connectivity index (χ0n) is 12.6. The van der Waals surface area contributed by atoms with Crippen LogP contribution in [0.3, 0.4) is 0 Å². The van der Waals surface area contributed by atoms with Gasteiger partial charge in [0.05, 0.1) is 0 Å². The van der Waals surface area contributed by atoms with E-state index in [1.807, 2.05) is 11.0 Å². The lowest BCUT2D eigenvalue weighted by molar-refractivity contribution is 0.0628. The van der Waals surface area contributed by atoms with Crippen LogP contribution < -0.4 is 0 Å². The quantitative estimate of drug-likeness (QED) is 0.810. The fourth-order valence-corrected chi connectivity index (χ4v) is 2.75. The van der Waals surface area contributed by atoms with Crippen LogP contribution in [0.4, 0.5) is 4.39 Å². The molecule has 0 bridgehead atoms. The molecule has 1 fully saturated rings. The van der Waals surface area contributed by atoms with Crippen LogP contribution in [0.1, 0.15) is 15.9 Å². The van der Waals surface area contributed by atoms with Crippen molar-refractivity contribution in [3.8, 4) is 0 Å². The van der Waals surface area contributed by atoms with E-state index in [4.69, 9.17) is 11.6 Å². The van der Waals surface area contributed by atoms with E-state index >= 15 is 0 Å². The zero-order valence-corrected chi connectivity index (χ0v) is 13.3. The second-order valence-corrected chi connectivity index (χ2v) is 5.95.